The molecule has 0 aromatic carbocycles. The second kappa shape index (κ2) is 12.8. The molecule has 0 aromatic heterocycles. The van der Waals surface area contributed by atoms with Crippen molar-refractivity contribution in [2.24, 2.45) is 0 Å². The molecule has 140 valence electrons. The van der Waals surface area contributed by atoms with Crippen LogP contribution in [0.4, 0.5) is 0 Å². The van der Waals surface area contributed by atoms with Crippen LogP contribution in [-0.4, -0.2) is 56.3 Å². The fraction of sp³-hybridized carbons (Fsp3) is 1.00. The predicted molar refractivity (Wildman–Crippen MR) is 93.5 cm³/mol. The molecule has 0 saturated carbocycles. The van der Waals surface area contributed by atoms with Gasteiger partial charge in [-0.2, -0.15) is 0 Å². The van der Waals surface area contributed by atoms with Crippen molar-refractivity contribution >= 4 is 26.8 Å². The van der Waals surface area contributed by atoms with Crippen molar-refractivity contribution in [1.29, 1.82) is 0 Å². The molecule has 23 heavy (non-hydrogen) atoms. The Morgan fingerprint density at radius 2 is 1.13 bits per heavy atom. The van der Waals surface area contributed by atoms with E-state index >= 15 is 0 Å². The summed E-state index contributed by atoms with van der Waals surface area (Å²) in [4.78, 5) is 1.72. The second-order valence-corrected chi connectivity index (χ2v) is 9.03. The molecule has 0 bridgehead atoms. The molecule has 10 heteroatoms. The molecule has 0 spiro atoms. The van der Waals surface area contributed by atoms with Crippen LogP contribution in [0, 0.1) is 0 Å². The van der Waals surface area contributed by atoms with Crippen molar-refractivity contribution in [2.75, 3.05) is 51.4 Å². The highest BCUT2D eigenvalue weighted by Crippen LogP contribution is 2.53. The van der Waals surface area contributed by atoms with Crippen molar-refractivity contribution in [2.45, 2.75) is 34.1 Å². The summed E-state index contributed by atoms with van der Waals surface area (Å²) in [5.74, 6) is 0.442. The quantitative estimate of drug-likeness (QED) is 0.302. The Morgan fingerprint density at radius 1 is 0.783 bits per heavy atom. The van der Waals surface area contributed by atoms with E-state index in [4.69, 9.17) is 29.7 Å². The van der Waals surface area contributed by atoms with Gasteiger partial charge in [0.05, 0.1) is 26.4 Å². The number of nitrogens with zero attached hydrogens (tertiary/aromatic N) is 1. The number of hydrogen-bond acceptors (Lipinski definition) is 7. The SMILES string of the molecule is CCOP(=O)(CN(CCCCl)CP(=O)(OCC)OCC)OCC. The average molecular weight is 394 g/mol. The van der Waals surface area contributed by atoms with Gasteiger partial charge in [0.2, 0.25) is 0 Å². The minimum atomic E-state index is -3.29. The number of hydrogen-bond donors (Lipinski definition) is 0. The summed E-state index contributed by atoms with van der Waals surface area (Å²) < 4.78 is 46.6. The first-order chi connectivity index (χ1) is 10.9. The third kappa shape index (κ3) is 10.2. The molecule has 0 rings (SSSR count). The van der Waals surface area contributed by atoms with E-state index < -0.39 is 15.2 Å². The lowest BCUT2D eigenvalue weighted by Crippen LogP contribution is -2.29. The molecule has 7 nitrogen and oxygen atoms in total. The second-order valence-electron chi connectivity index (χ2n) is 4.61. The van der Waals surface area contributed by atoms with Gasteiger partial charge in [-0.15, -0.1) is 11.6 Å². The zero-order valence-electron chi connectivity index (χ0n) is 14.5. The van der Waals surface area contributed by atoms with E-state index in [1.807, 2.05) is 0 Å². The Kier molecular flexibility index (Phi) is 13.2. The first-order valence-corrected chi connectivity index (χ1v) is 11.9. The summed E-state index contributed by atoms with van der Waals surface area (Å²) in [5, 5.41) is 0. The van der Waals surface area contributed by atoms with E-state index in [9.17, 15) is 9.13 Å². The molecule has 0 aromatic rings. The number of alkyl halides is 1. The van der Waals surface area contributed by atoms with E-state index in [-0.39, 0.29) is 39.0 Å². The van der Waals surface area contributed by atoms with Gasteiger partial charge >= 0.3 is 15.2 Å². The molecule has 0 fully saturated rings. The summed E-state index contributed by atoms with van der Waals surface area (Å²) in [7, 11) is -6.58. The molecule has 0 amide bonds. The van der Waals surface area contributed by atoms with E-state index in [1.165, 1.54) is 0 Å². The van der Waals surface area contributed by atoms with Crippen molar-refractivity contribution in [3.63, 3.8) is 0 Å². The monoisotopic (exact) mass is 393 g/mol. The van der Waals surface area contributed by atoms with E-state index in [1.54, 1.807) is 32.6 Å². The average Bonchev–Trinajstić information content (AvgIpc) is 2.45. The minimum Gasteiger partial charge on any atom is -0.308 e. The van der Waals surface area contributed by atoms with Crippen molar-refractivity contribution < 1.29 is 27.2 Å². The minimum absolute atomic E-state index is 0.0235. The van der Waals surface area contributed by atoms with Gasteiger partial charge in [-0.25, -0.2) is 0 Å². The van der Waals surface area contributed by atoms with Crippen LogP contribution < -0.4 is 0 Å². The number of halogens is 1. The van der Waals surface area contributed by atoms with Crippen LogP contribution >= 0.6 is 26.8 Å². The Bertz CT molecular complexity index is 347. The highest BCUT2D eigenvalue weighted by molar-refractivity contribution is 7.54. The molecule has 0 unspecified atom stereocenters. The lowest BCUT2D eigenvalue weighted by molar-refractivity contribution is 0.184. The molecule has 0 atom stereocenters. The molecule has 0 aliphatic rings. The molecule has 0 saturated heterocycles. The Morgan fingerprint density at radius 3 is 1.39 bits per heavy atom. The lowest BCUT2D eigenvalue weighted by Gasteiger charge is -2.29. The van der Waals surface area contributed by atoms with Gasteiger partial charge < -0.3 is 18.1 Å². The first-order valence-electron chi connectivity index (χ1n) is 7.93. The summed E-state index contributed by atoms with van der Waals surface area (Å²) in [5.41, 5.74) is 0. The Balaban J connectivity index is 5.09. The summed E-state index contributed by atoms with van der Waals surface area (Å²) in [6.45, 7) is 8.59. The van der Waals surface area contributed by atoms with Crippen LogP contribution in [0.3, 0.4) is 0 Å². The smallest absolute Gasteiger partial charge is 0.308 e. The van der Waals surface area contributed by atoms with Crippen molar-refractivity contribution in [1.82, 2.24) is 4.90 Å². The van der Waals surface area contributed by atoms with Gasteiger partial charge in [0.1, 0.15) is 12.6 Å². The topological polar surface area (TPSA) is 74.3 Å². The van der Waals surface area contributed by atoms with Crippen LogP contribution in [0.2, 0.25) is 0 Å². The predicted octanol–water partition coefficient (Wildman–Crippen LogP) is 4.36. The molecule has 0 heterocycles. The highest BCUT2D eigenvalue weighted by Gasteiger charge is 2.33. The van der Waals surface area contributed by atoms with Gasteiger partial charge in [0.25, 0.3) is 0 Å². The molecular weight excluding hydrogens is 364 g/mol. The molecular formula is C13H30ClNO6P2. The first kappa shape index (κ1) is 23.5. The van der Waals surface area contributed by atoms with E-state index in [0.717, 1.165) is 0 Å². The number of rotatable bonds is 15. The zero-order valence-corrected chi connectivity index (χ0v) is 17.1. The van der Waals surface area contributed by atoms with Crippen molar-refractivity contribution in [3.8, 4) is 0 Å². The van der Waals surface area contributed by atoms with Crippen LogP contribution in [-0.2, 0) is 27.2 Å². The van der Waals surface area contributed by atoms with Crippen LogP contribution in [0.1, 0.15) is 34.1 Å². The largest absolute Gasteiger partial charge is 0.344 e. The third-order valence-corrected chi connectivity index (χ3v) is 7.02. The maximum absolute atomic E-state index is 12.7. The maximum atomic E-state index is 12.7. The van der Waals surface area contributed by atoms with Gasteiger partial charge in [-0.05, 0) is 34.1 Å². The Labute approximate surface area is 145 Å². The molecule has 0 aliphatic carbocycles. The third-order valence-electron chi connectivity index (χ3n) is 2.66. The van der Waals surface area contributed by atoms with Gasteiger partial charge in [-0.1, -0.05) is 0 Å². The van der Waals surface area contributed by atoms with Crippen molar-refractivity contribution in [3.05, 3.63) is 0 Å². The Hall–Kier alpha value is 0.550. The molecule has 0 N–H and O–H groups in total. The molecule has 0 aliphatic heterocycles. The van der Waals surface area contributed by atoms with Crippen LogP contribution in [0.5, 0.6) is 0 Å². The van der Waals surface area contributed by atoms with Gasteiger partial charge in [0.15, 0.2) is 0 Å². The van der Waals surface area contributed by atoms with Gasteiger partial charge in [-0.3, -0.25) is 14.0 Å². The summed E-state index contributed by atoms with van der Waals surface area (Å²) in [6.07, 6.45) is 0.698. The van der Waals surface area contributed by atoms with E-state index in [2.05, 4.69) is 0 Å². The van der Waals surface area contributed by atoms with Gasteiger partial charge in [0, 0.05) is 12.4 Å². The summed E-state index contributed by atoms with van der Waals surface area (Å²) in [6, 6.07) is 0. The fourth-order valence-corrected chi connectivity index (χ4v) is 5.77. The zero-order chi connectivity index (χ0) is 17.8. The van der Waals surface area contributed by atoms with Crippen LogP contribution in [0.25, 0.3) is 0 Å². The standard InChI is InChI=1S/C13H30ClNO6P2/c1-5-18-22(16,19-6-2)12-15(11-9-10-14)13-23(17,20-7-3)21-8-4/h5-13H2,1-4H3. The van der Waals surface area contributed by atoms with E-state index in [0.29, 0.717) is 18.8 Å². The normalized spacial score (nSPS) is 13.0. The van der Waals surface area contributed by atoms with Crippen LogP contribution in [0.15, 0.2) is 0 Å². The fourth-order valence-electron chi connectivity index (χ4n) is 1.98. The highest BCUT2D eigenvalue weighted by atomic mass is 35.5. The summed E-state index contributed by atoms with van der Waals surface area (Å²) >= 11 is 5.74. The molecule has 0 radical (unpaired) electrons. The lowest BCUT2D eigenvalue weighted by atomic mass is 10.5. The maximum Gasteiger partial charge on any atom is 0.344 e.